The molecule has 1 heteroatoms. The van der Waals surface area contributed by atoms with Crippen molar-refractivity contribution in [1.82, 2.24) is 0 Å². The summed E-state index contributed by atoms with van der Waals surface area (Å²) >= 11 is 0. The van der Waals surface area contributed by atoms with Crippen LogP contribution in [-0.2, 0) is 10.8 Å². The van der Waals surface area contributed by atoms with Gasteiger partial charge in [0.2, 0.25) is 0 Å². The van der Waals surface area contributed by atoms with Gasteiger partial charge < -0.3 is 4.74 Å². The summed E-state index contributed by atoms with van der Waals surface area (Å²) in [5.74, 6) is 0.962. The summed E-state index contributed by atoms with van der Waals surface area (Å²) in [6, 6.07) is 17.0. The lowest BCUT2D eigenvalue weighted by atomic mass is 9.60. The van der Waals surface area contributed by atoms with Gasteiger partial charge in [-0.2, -0.15) is 0 Å². The van der Waals surface area contributed by atoms with E-state index in [4.69, 9.17) is 4.74 Å². The standard InChI is InChI=1S/C20H26O/c1-15-11-7-8-12-16(15)19(2,3)20(4,5)17-13-9-10-14-18(17)21-6/h7-14H,1-6H3. The second-order valence-corrected chi connectivity index (χ2v) is 6.77. The van der Waals surface area contributed by atoms with Crippen LogP contribution < -0.4 is 4.74 Å². The molecule has 0 aromatic heterocycles. The lowest BCUT2D eigenvalue weighted by molar-refractivity contribution is 0.288. The van der Waals surface area contributed by atoms with Gasteiger partial charge in [0.05, 0.1) is 7.11 Å². The molecule has 0 N–H and O–H groups in total. The van der Waals surface area contributed by atoms with Gasteiger partial charge in [-0.25, -0.2) is 0 Å². The molecule has 0 spiro atoms. The van der Waals surface area contributed by atoms with Crippen molar-refractivity contribution < 1.29 is 4.74 Å². The summed E-state index contributed by atoms with van der Waals surface area (Å²) in [7, 11) is 1.75. The number of rotatable bonds is 4. The molecule has 0 saturated carbocycles. The van der Waals surface area contributed by atoms with E-state index >= 15 is 0 Å². The monoisotopic (exact) mass is 282 g/mol. The van der Waals surface area contributed by atoms with Gasteiger partial charge in [0.1, 0.15) is 5.75 Å². The summed E-state index contributed by atoms with van der Waals surface area (Å²) in [4.78, 5) is 0. The molecule has 0 radical (unpaired) electrons. The molecule has 21 heavy (non-hydrogen) atoms. The van der Waals surface area contributed by atoms with Crippen molar-refractivity contribution in [1.29, 1.82) is 0 Å². The number of aryl methyl sites for hydroxylation is 1. The van der Waals surface area contributed by atoms with Crippen molar-refractivity contribution in [2.75, 3.05) is 7.11 Å². The van der Waals surface area contributed by atoms with Crippen LogP contribution in [0.1, 0.15) is 44.4 Å². The topological polar surface area (TPSA) is 9.23 Å². The van der Waals surface area contributed by atoms with Crippen LogP contribution in [-0.4, -0.2) is 7.11 Å². The Morgan fingerprint density at radius 3 is 1.76 bits per heavy atom. The minimum atomic E-state index is -0.0499. The van der Waals surface area contributed by atoms with Gasteiger partial charge in [0, 0.05) is 11.0 Å². The normalized spacial score (nSPS) is 12.3. The van der Waals surface area contributed by atoms with E-state index in [-0.39, 0.29) is 10.8 Å². The van der Waals surface area contributed by atoms with Crippen LogP contribution in [0.3, 0.4) is 0 Å². The van der Waals surface area contributed by atoms with E-state index < -0.39 is 0 Å². The van der Waals surface area contributed by atoms with Gasteiger partial charge in [0.15, 0.2) is 0 Å². The number of methoxy groups -OCH3 is 1. The highest BCUT2D eigenvalue weighted by atomic mass is 16.5. The molecule has 0 aliphatic rings. The molecule has 2 aromatic carbocycles. The highest BCUT2D eigenvalue weighted by Gasteiger charge is 2.41. The Labute approximate surface area is 129 Å². The van der Waals surface area contributed by atoms with Crippen LogP contribution in [0.25, 0.3) is 0 Å². The largest absolute Gasteiger partial charge is 0.496 e. The zero-order valence-corrected chi connectivity index (χ0v) is 14.0. The first-order chi connectivity index (χ1) is 9.82. The molecule has 0 aliphatic carbocycles. The van der Waals surface area contributed by atoms with Crippen LogP contribution >= 0.6 is 0 Å². The van der Waals surface area contributed by atoms with Crippen LogP contribution in [0.4, 0.5) is 0 Å². The summed E-state index contributed by atoms with van der Waals surface area (Å²) in [5.41, 5.74) is 3.92. The Morgan fingerprint density at radius 1 is 0.714 bits per heavy atom. The Kier molecular flexibility index (Phi) is 4.13. The summed E-state index contributed by atoms with van der Waals surface area (Å²) in [6.45, 7) is 11.4. The fourth-order valence-electron chi connectivity index (χ4n) is 3.11. The Morgan fingerprint density at radius 2 is 1.19 bits per heavy atom. The van der Waals surface area contributed by atoms with E-state index in [1.165, 1.54) is 16.7 Å². The maximum atomic E-state index is 5.59. The van der Waals surface area contributed by atoms with Crippen LogP contribution in [0.5, 0.6) is 5.75 Å². The van der Waals surface area contributed by atoms with Crippen molar-refractivity contribution in [2.24, 2.45) is 0 Å². The molecular formula is C20H26O. The van der Waals surface area contributed by atoms with E-state index in [2.05, 4.69) is 71.0 Å². The van der Waals surface area contributed by atoms with Crippen molar-refractivity contribution in [2.45, 2.75) is 45.4 Å². The molecule has 2 rings (SSSR count). The number of hydrogen-bond acceptors (Lipinski definition) is 1. The van der Waals surface area contributed by atoms with Gasteiger partial charge in [-0.05, 0) is 29.5 Å². The Bertz CT molecular complexity index is 623. The lowest BCUT2D eigenvalue weighted by Crippen LogP contribution is -2.41. The second kappa shape index (κ2) is 5.55. The maximum absolute atomic E-state index is 5.59. The molecule has 112 valence electrons. The van der Waals surface area contributed by atoms with Crippen molar-refractivity contribution in [3.05, 3.63) is 65.2 Å². The third-order valence-electron chi connectivity index (χ3n) is 5.16. The fraction of sp³-hybridized carbons (Fsp3) is 0.400. The predicted octanol–water partition coefficient (Wildman–Crippen LogP) is 5.26. The molecule has 0 heterocycles. The average molecular weight is 282 g/mol. The quantitative estimate of drug-likeness (QED) is 0.743. The highest BCUT2D eigenvalue weighted by Crippen LogP contribution is 2.47. The highest BCUT2D eigenvalue weighted by molar-refractivity contribution is 5.45. The molecule has 0 saturated heterocycles. The van der Waals surface area contributed by atoms with Crippen molar-refractivity contribution in [3.8, 4) is 5.75 Å². The number of ether oxygens (including phenoxy) is 1. The lowest BCUT2D eigenvalue weighted by Gasteiger charge is -2.44. The van der Waals surface area contributed by atoms with Crippen LogP contribution in [0.15, 0.2) is 48.5 Å². The minimum absolute atomic E-state index is 0.00697. The third-order valence-corrected chi connectivity index (χ3v) is 5.16. The molecule has 0 atom stereocenters. The van der Waals surface area contributed by atoms with Gasteiger partial charge in [-0.1, -0.05) is 70.2 Å². The SMILES string of the molecule is COc1ccccc1C(C)(C)C(C)(C)c1ccccc1C. The first-order valence-electron chi connectivity index (χ1n) is 7.52. The molecule has 0 aliphatic heterocycles. The number of benzene rings is 2. The van der Waals surface area contributed by atoms with E-state index in [0.29, 0.717) is 0 Å². The molecule has 1 nitrogen and oxygen atoms in total. The minimum Gasteiger partial charge on any atom is -0.496 e. The first kappa shape index (κ1) is 15.6. The molecular weight excluding hydrogens is 256 g/mol. The second-order valence-electron chi connectivity index (χ2n) is 6.77. The van der Waals surface area contributed by atoms with Gasteiger partial charge in [-0.15, -0.1) is 0 Å². The van der Waals surface area contributed by atoms with E-state index in [0.717, 1.165) is 5.75 Å². The Balaban J connectivity index is 2.59. The number of para-hydroxylation sites is 1. The summed E-state index contributed by atoms with van der Waals surface area (Å²) in [5, 5.41) is 0. The average Bonchev–Trinajstić information content (AvgIpc) is 2.47. The van der Waals surface area contributed by atoms with Gasteiger partial charge >= 0.3 is 0 Å². The summed E-state index contributed by atoms with van der Waals surface area (Å²) in [6.07, 6.45) is 0. The predicted molar refractivity (Wildman–Crippen MR) is 90.2 cm³/mol. The van der Waals surface area contributed by atoms with E-state index in [1.807, 2.05) is 12.1 Å². The zero-order chi connectivity index (χ0) is 15.7. The molecule has 0 unspecified atom stereocenters. The van der Waals surface area contributed by atoms with Crippen LogP contribution in [0, 0.1) is 6.92 Å². The van der Waals surface area contributed by atoms with Gasteiger partial charge in [-0.3, -0.25) is 0 Å². The van der Waals surface area contributed by atoms with Crippen molar-refractivity contribution >= 4 is 0 Å². The molecule has 0 bridgehead atoms. The first-order valence-corrected chi connectivity index (χ1v) is 7.52. The maximum Gasteiger partial charge on any atom is 0.122 e. The molecule has 0 amide bonds. The fourth-order valence-corrected chi connectivity index (χ4v) is 3.11. The van der Waals surface area contributed by atoms with E-state index in [1.54, 1.807) is 7.11 Å². The van der Waals surface area contributed by atoms with Crippen molar-refractivity contribution in [3.63, 3.8) is 0 Å². The zero-order valence-electron chi connectivity index (χ0n) is 14.0. The van der Waals surface area contributed by atoms with Gasteiger partial charge in [0.25, 0.3) is 0 Å². The molecule has 0 fully saturated rings. The van der Waals surface area contributed by atoms with E-state index in [9.17, 15) is 0 Å². The Hall–Kier alpha value is -1.76. The third kappa shape index (κ3) is 2.57. The summed E-state index contributed by atoms with van der Waals surface area (Å²) < 4.78 is 5.59. The number of hydrogen-bond donors (Lipinski definition) is 0. The molecule has 2 aromatic rings. The van der Waals surface area contributed by atoms with Crippen LogP contribution in [0.2, 0.25) is 0 Å². The smallest absolute Gasteiger partial charge is 0.122 e.